The lowest BCUT2D eigenvalue weighted by Gasteiger charge is -2.28. The van der Waals surface area contributed by atoms with Gasteiger partial charge in [-0.15, -0.1) is 0 Å². The number of pyridine rings is 2. The lowest BCUT2D eigenvalue weighted by molar-refractivity contribution is -0.116. The van der Waals surface area contributed by atoms with Gasteiger partial charge in [-0.3, -0.25) is 14.8 Å². The van der Waals surface area contributed by atoms with Crippen LogP contribution in [0.4, 0.5) is 5.69 Å². The first-order valence-corrected chi connectivity index (χ1v) is 11.9. The predicted octanol–water partition coefficient (Wildman–Crippen LogP) is 4.58. The van der Waals surface area contributed by atoms with Crippen LogP contribution in [0.3, 0.4) is 0 Å². The second-order valence-electron chi connectivity index (χ2n) is 8.50. The Morgan fingerprint density at radius 3 is 2.66 bits per heavy atom. The van der Waals surface area contributed by atoms with Crippen LogP contribution in [0.2, 0.25) is 0 Å². The fraction of sp³-hybridized carbons (Fsp3) is 0.185. The molecule has 176 valence electrons. The summed E-state index contributed by atoms with van der Waals surface area (Å²) < 4.78 is 2.11. The van der Waals surface area contributed by atoms with Gasteiger partial charge >= 0.3 is 0 Å². The molecule has 0 spiro atoms. The molecule has 1 aliphatic rings. The molecule has 1 aliphatic heterocycles. The highest BCUT2D eigenvalue weighted by Crippen LogP contribution is 2.39. The van der Waals surface area contributed by atoms with E-state index in [2.05, 4.69) is 36.1 Å². The van der Waals surface area contributed by atoms with E-state index in [1.165, 1.54) is 0 Å². The number of benzene rings is 1. The Bertz CT molecular complexity index is 1310. The Labute approximate surface area is 209 Å². The van der Waals surface area contributed by atoms with E-state index in [-0.39, 0.29) is 18.0 Å². The van der Waals surface area contributed by atoms with Gasteiger partial charge in [0.1, 0.15) is 0 Å². The molecule has 5 rings (SSSR count). The number of rotatable bonds is 7. The van der Waals surface area contributed by atoms with Crippen molar-refractivity contribution in [2.45, 2.75) is 25.4 Å². The number of nitrogens with one attached hydrogen (secondary N) is 2. The summed E-state index contributed by atoms with van der Waals surface area (Å²) in [7, 11) is 0. The zero-order valence-corrected chi connectivity index (χ0v) is 20.2. The Morgan fingerprint density at radius 1 is 1.06 bits per heavy atom. The number of aromatic nitrogens is 3. The molecule has 7 nitrogen and oxygen atoms in total. The summed E-state index contributed by atoms with van der Waals surface area (Å²) in [5.74, 6) is -0.0562. The second kappa shape index (κ2) is 10.1. The van der Waals surface area contributed by atoms with E-state index in [1.54, 1.807) is 12.4 Å². The fourth-order valence-electron chi connectivity index (χ4n) is 4.42. The van der Waals surface area contributed by atoms with Crippen molar-refractivity contribution in [3.8, 4) is 5.69 Å². The minimum Gasteiger partial charge on any atom is -0.352 e. The van der Waals surface area contributed by atoms with Crippen LogP contribution in [0, 0.1) is 6.92 Å². The second-order valence-corrected chi connectivity index (χ2v) is 8.89. The van der Waals surface area contributed by atoms with Crippen LogP contribution < -0.4 is 10.6 Å². The van der Waals surface area contributed by atoms with Gasteiger partial charge in [-0.05, 0) is 67.7 Å². The number of amides is 1. The van der Waals surface area contributed by atoms with Crippen molar-refractivity contribution in [3.05, 3.63) is 108 Å². The lowest BCUT2D eigenvalue weighted by Crippen LogP contribution is -2.33. The smallest absolute Gasteiger partial charge is 0.226 e. The molecule has 3 aromatic heterocycles. The van der Waals surface area contributed by atoms with Crippen LogP contribution in [0.25, 0.3) is 5.69 Å². The van der Waals surface area contributed by atoms with Crippen LogP contribution in [0.5, 0.6) is 0 Å². The quantitative estimate of drug-likeness (QED) is 0.376. The molecular weight excluding hydrogens is 456 g/mol. The molecule has 0 radical (unpaired) electrons. The normalized spacial score (nSPS) is 17.3. The number of carbonyl (C=O) groups is 1. The SMILES string of the molecule is Cc1ccc(NC(=O)CCN2C(=S)N[C@H](c3ccccn3)[C@@H]2c2cccn2-c2cccnc2)cc1. The first-order valence-electron chi connectivity index (χ1n) is 11.5. The molecule has 0 unspecified atom stereocenters. The maximum Gasteiger partial charge on any atom is 0.226 e. The van der Waals surface area contributed by atoms with E-state index in [0.29, 0.717) is 18.1 Å². The number of carbonyl (C=O) groups excluding carboxylic acids is 1. The van der Waals surface area contributed by atoms with Gasteiger partial charge in [0.2, 0.25) is 5.91 Å². The van der Waals surface area contributed by atoms with E-state index in [9.17, 15) is 4.79 Å². The van der Waals surface area contributed by atoms with Gasteiger partial charge in [0.15, 0.2) is 5.11 Å². The van der Waals surface area contributed by atoms with E-state index < -0.39 is 0 Å². The average Bonchev–Trinajstić information content (AvgIpc) is 3.49. The van der Waals surface area contributed by atoms with Crippen molar-refractivity contribution >= 4 is 28.9 Å². The molecule has 0 bridgehead atoms. The zero-order chi connectivity index (χ0) is 24.2. The minimum atomic E-state index is -0.158. The summed E-state index contributed by atoms with van der Waals surface area (Å²) in [6.45, 7) is 2.49. The number of nitrogens with zero attached hydrogens (tertiary/aromatic N) is 4. The van der Waals surface area contributed by atoms with E-state index in [1.807, 2.05) is 80.0 Å². The molecule has 2 atom stereocenters. The minimum absolute atomic E-state index is 0.0562. The third kappa shape index (κ3) is 4.93. The Balaban J connectivity index is 1.42. The van der Waals surface area contributed by atoms with Gasteiger partial charge < -0.3 is 20.1 Å². The number of hydrogen-bond donors (Lipinski definition) is 2. The number of anilines is 1. The average molecular weight is 483 g/mol. The molecule has 1 fully saturated rings. The van der Waals surface area contributed by atoms with Crippen molar-refractivity contribution in [1.82, 2.24) is 24.8 Å². The van der Waals surface area contributed by atoms with E-state index in [4.69, 9.17) is 12.2 Å². The molecule has 4 heterocycles. The van der Waals surface area contributed by atoms with Gasteiger partial charge in [0, 0.05) is 42.9 Å². The van der Waals surface area contributed by atoms with Crippen LogP contribution in [-0.2, 0) is 4.79 Å². The van der Waals surface area contributed by atoms with Gasteiger partial charge in [-0.1, -0.05) is 23.8 Å². The van der Waals surface area contributed by atoms with E-state index >= 15 is 0 Å². The number of thiocarbonyl (C=S) groups is 1. The molecular formula is C27H26N6OS. The maximum atomic E-state index is 12.8. The standard InChI is InChI=1S/C27H26N6OS/c1-19-9-11-20(12-10-19)30-24(34)13-17-33-26(25(31-27(33)35)22-7-2-3-15-29-22)23-8-5-16-32(23)21-6-4-14-28-18-21/h2-12,14-16,18,25-26H,13,17H2,1H3,(H,30,34)(H,31,35)/t25-,26+/m1/s1. The zero-order valence-electron chi connectivity index (χ0n) is 19.3. The molecule has 1 amide bonds. The van der Waals surface area contributed by atoms with Crippen molar-refractivity contribution in [1.29, 1.82) is 0 Å². The number of hydrogen-bond acceptors (Lipinski definition) is 4. The van der Waals surface area contributed by atoms with Gasteiger partial charge in [-0.25, -0.2) is 0 Å². The molecule has 1 saturated heterocycles. The Kier molecular flexibility index (Phi) is 6.54. The largest absolute Gasteiger partial charge is 0.352 e. The van der Waals surface area contributed by atoms with Gasteiger partial charge in [0.05, 0.1) is 29.7 Å². The Hall–Kier alpha value is -4.04. The summed E-state index contributed by atoms with van der Waals surface area (Å²) in [6, 6.07) is 21.4. The molecule has 4 aromatic rings. The summed E-state index contributed by atoms with van der Waals surface area (Å²) in [5, 5.41) is 7.04. The van der Waals surface area contributed by atoms with Crippen LogP contribution in [0.15, 0.2) is 91.5 Å². The fourth-order valence-corrected chi connectivity index (χ4v) is 4.75. The third-order valence-electron chi connectivity index (χ3n) is 6.12. The third-order valence-corrected chi connectivity index (χ3v) is 6.47. The summed E-state index contributed by atoms with van der Waals surface area (Å²) in [6.07, 6.45) is 7.70. The van der Waals surface area contributed by atoms with Crippen molar-refractivity contribution in [3.63, 3.8) is 0 Å². The first kappa shape index (κ1) is 22.7. The molecule has 0 saturated carbocycles. The van der Waals surface area contributed by atoms with Crippen molar-refractivity contribution < 1.29 is 4.79 Å². The van der Waals surface area contributed by atoms with Crippen LogP contribution in [0.1, 0.15) is 35.5 Å². The molecule has 35 heavy (non-hydrogen) atoms. The molecule has 0 aliphatic carbocycles. The van der Waals surface area contributed by atoms with Crippen LogP contribution >= 0.6 is 12.2 Å². The van der Waals surface area contributed by atoms with Crippen molar-refractivity contribution in [2.75, 3.05) is 11.9 Å². The highest BCUT2D eigenvalue weighted by molar-refractivity contribution is 7.80. The monoisotopic (exact) mass is 482 g/mol. The van der Waals surface area contributed by atoms with Gasteiger partial charge in [-0.2, -0.15) is 0 Å². The predicted molar refractivity (Wildman–Crippen MR) is 140 cm³/mol. The van der Waals surface area contributed by atoms with Gasteiger partial charge in [0.25, 0.3) is 0 Å². The molecule has 2 N–H and O–H groups in total. The summed E-state index contributed by atoms with van der Waals surface area (Å²) in [5.41, 5.74) is 4.83. The lowest BCUT2D eigenvalue weighted by atomic mass is 10.0. The van der Waals surface area contributed by atoms with E-state index in [0.717, 1.165) is 28.3 Å². The number of aryl methyl sites for hydroxylation is 1. The summed E-state index contributed by atoms with van der Waals surface area (Å²) in [4.78, 5) is 23.7. The highest BCUT2D eigenvalue weighted by Gasteiger charge is 2.41. The van der Waals surface area contributed by atoms with Crippen molar-refractivity contribution in [2.24, 2.45) is 0 Å². The molecule has 8 heteroatoms. The summed E-state index contributed by atoms with van der Waals surface area (Å²) >= 11 is 5.76. The highest BCUT2D eigenvalue weighted by atomic mass is 32.1. The van der Waals surface area contributed by atoms with Crippen LogP contribution in [-0.4, -0.2) is 37.0 Å². The maximum absolute atomic E-state index is 12.8. The topological polar surface area (TPSA) is 75.1 Å². The Morgan fingerprint density at radius 2 is 1.91 bits per heavy atom. The first-order chi connectivity index (χ1) is 17.1. The molecule has 1 aromatic carbocycles.